The zero-order chi connectivity index (χ0) is 45.4. The molecule has 9 rings (SSSR count). The van der Waals surface area contributed by atoms with E-state index in [1.54, 1.807) is 17.9 Å². The summed E-state index contributed by atoms with van der Waals surface area (Å²) in [6.45, 7) is 14.2. The monoisotopic (exact) mass is 884 g/mol. The van der Waals surface area contributed by atoms with E-state index >= 15 is 4.39 Å². The van der Waals surface area contributed by atoms with E-state index in [2.05, 4.69) is 68.6 Å². The van der Waals surface area contributed by atoms with Crippen molar-refractivity contribution in [1.29, 1.82) is 0 Å². The molecule has 4 amide bonds. The molecule has 0 unspecified atom stereocenters. The molecule has 65 heavy (non-hydrogen) atoms. The molecule has 0 radical (unpaired) electrons. The number of aromatic nitrogens is 6. The molecule has 17 nitrogen and oxygen atoms in total. The van der Waals surface area contributed by atoms with Crippen LogP contribution in [0.3, 0.4) is 0 Å². The topological polar surface area (TPSA) is 202 Å². The molecule has 3 aliphatic heterocycles. The fourth-order valence-electron chi connectivity index (χ4n) is 8.92. The first kappa shape index (κ1) is 43.5. The van der Waals surface area contributed by atoms with Crippen LogP contribution in [0, 0.1) is 11.7 Å². The number of amides is 4. The van der Waals surface area contributed by atoms with Gasteiger partial charge in [-0.2, -0.15) is 4.98 Å². The number of H-pyrrole nitrogens is 1. The minimum atomic E-state index is -0.692. The van der Waals surface area contributed by atoms with Crippen LogP contribution in [-0.2, 0) is 16.8 Å². The number of carbonyl (C=O) groups is 3. The SMILES string of the molecule is C[C@@H](NC(=O)c1nc(C(C)(C)C)no1)c1cc(F)c(-c2ncnc3[nH]c(-c4ccc(N5CCN(CC6CCN(c7ccc(N8CCC(=O)NC8=O)cc7)CC6)CC5)cn4)cc23)cc1CO. The average molecular weight is 885 g/mol. The number of hydrogen-bond acceptors (Lipinski definition) is 13. The smallest absolute Gasteiger partial charge is 0.328 e. The number of carbonyl (C=O) groups excluding carboxylic acids is 3. The number of urea groups is 1. The molecule has 2 aromatic carbocycles. The number of fused-ring (bicyclic) bond motifs is 1. The van der Waals surface area contributed by atoms with Crippen molar-refractivity contribution in [2.24, 2.45) is 5.92 Å². The molecule has 3 aliphatic rings. The lowest BCUT2D eigenvalue weighted by molar-refractivity contribution is -0.120. The Morgan fingerprint density at radius 3 is 2.32 bits per heavy atom. The Labute approximate surface area is 375 Å². The minimum Gasteiger partial charge on any atom is -0.392 e. The first-order chi connectivity index (χ1) is 31.3. The van der Waals surface area contributed by atoms with E-state index < -0.39 is 29.8 Å². The molecule has 0 saturated carbocycles. The molecule has 7 heterocycles. The Bertz CT molecular complexity index is 2700. The summed E-state index contributed by atoms with van der Waals surface area (Å²) in [6, 6.07) is 15.8. The number of imide groups is 1. The number of piperazine rings is 1. The molecule has 338 valence electrons. The van der Waals surface area contributed by atoms with E-state index in [0.717, 1.165) is 75.7 Å². The summed E-state index contributed by atoms with van der Waals surface area (Å²) in [7, 11) is 0. The van der Waals surface area contributed by atoms with Crippen LogP contribution in [0.5, 0.6) is 0 Å². The van der Waals surface area contributed by atoms with Gasteiger partial charge in [0.2, 0.25) is 5.91 Å². The Kier molecular flexibility index (Phi) is 12.0. The number of benzene rings is 2. The Morgan fingerprint density at radius 2 is 1.65 bits per heavy atom. The van der Waals surface area contributed by atoms with E-state index in [-0.39, 0.29) is 23.4 Å². The van der Waals surface area contributed by atoms with Crippen LogP contribution in [0.25, 0.3) is 33.7 Å². The second kappa shape index (κ2) is 18.0. The second-order valence-electron chi connectivity index (χ2n) is 18.1. The van der Waals surface area contributed by atoms with Gasteiger partial charge in [0, 0.05) is 86.5 Å². The quantitative estimate of drug-likeness (QED) is 0.119. The number of halogens is 1. The zero-order valence-electron chi connectivity index (χ0n) is 37.0. The van der Waals surface area contributed by atoms with Crippen LogP contribution in [0.1, 0.15) is 80.6 Å². The number of hydrogen-bond donors (Lipinski definition) is 4. The highest BCUT2D eigenvalue weighted by atomic mass is 19.1. The normalized spacial score (nSPS) is 17.2. The average Bonchev–Trinajstić information content (AvgIpc) is 3.99. The lowest BCUT2D eigenvalue weighted by atomic mass is 9.95. The summed E-state index contributed by atoms with van der Waals surface area (Å²) in [6.07, 6.45) is 5.82. The summed E-state index contributed by atoms with van der Waals surface area (Å²) < 4.78 is 21.2. The Hall–Kier alpha value is -6.79. The zero-order valence-corrected chi connectivity index (χ0v) is 37.0. The van der Waals surface area contributed by atoms with Crippen LogP contribution >= 0.6 is 0 Å². The number of aromatic amines is 1. The molecule has 0 aliphatic carbocycles. The number of aliphatic hydroxyl groups excluding tert-OH is 1. The van der Waals surface area contributed by atoms with Crippen molar-refractivity contribution in [3.05, 3.63) is 95.8 Å². The van der Waals surface area contributed by atoms with E-state index in [1.807, 2.05) is 51.2 Å². The Balaban J connectivity index is 0.790. The van der Waals surface area contributed by atoms with E-state index in [4.69, 9.17) is 9.51 Å². The molecule has 3 fully saturated rings. The van der Waals surface area contributed by atoms with Gasteiger partial charge in [-0.3, -0.25) is 29.7 Å². The first-order valence-corrected chi connectivity index (χ1v) is 22.1. The fourth-order valence-corrected chi connectivity index (χ4v) is 8.92. The molecular formula is C47H53FN12O5. The summed E-state index contributed by atoms with van der Waals surface area (Å²) in [5.74, 6) is -0.590. The number of nitrogens with one attached hydrogen (secondary N) is 3. The predicted octanol–water partition coefficient (Wildman–Crippen LogP) is 5.97. The van der Waals surface area contributed by atoms with Crippen LogP contribution < -0.4 is 25.3 Å². The standard InChI is InChI=1S/C47H53FN12O5/c1-28(52-43(63)44-55-45(56-65-44)47(2,3)4)34-22-37(48)35(21-30(34)26-61)41-36-23-39(53-42(36)51-27-50-41)38-10-9-33(24-49-38)59-19-17-57(18-20-59)25-29-11-14-58(15-12-29)31-5-7-32(8-6-31)60-16-13-40(62)54-46(60)64/h5-10,21-24,27-29,61H,11-20,25-26H2,1-4H3,(H,52,63)(H,50,51,53)(H,54,62,64)/t28-/m1/s1. The van der Waals surface area contributed by atoms with Crippen molar-refractivity contribution in [2.45, 2.75) is 65.0 Å². The second-order valence-corrected chi connectivity index (χ2v) is 18.1. The molecular weight excluding hydrogens is 832 g/mol. The van der Waals surface area contributed by atoms with Crippen LogP contribution in [-0.4, -0.2) is 110 Å². The molecule has 1 atom stereocenters. The van der Waals surface area contributed by atoms with Gasteiger partial charge in [-0.15, -0.1) is 0 Å². The fraction of sp³-hybridized carbons (Fsp3) is 0.404. The lowest BCUT2D eigenvalue weighted by Crippen LogP contribution is -2.49. The van der Waals surface area contributed by atoms with Gasteiger partial charge in [-0.1, -0.05) is 25.9 Å². The van der Waals surface area contributed by atoms with Crippen molar-refractivity contribution in [1.82, 2.24) is 45.6 Å². The van der Waals surface area contributed by atoms with Gasteiger partial charge in [0.15, 0.2) is 5.82 Å². The number of nitrogens with zero attached hydrogens (tertiary/aromatic N) is 9. The highest BCUT2D eigenvalue weighted by Gasteiger charge is 2.29. The summed E-state index contributed by atoms with van der Waals surface area (Å²) in [5.41, 5.74) is 5.87. The third-order valence-corrected chi connectivity index (χ3v) is 12.7. The van der Waals surface area contributed by atoms with Gasteiger partial charge in [-0.25, -0.2) is 19.2 Å². The predicted molar refractivity (Wildman–Crippen MR) is 243 cm³/mol. The van der Waals surface area contributed by atoms with Gasteiger partial charge in [0.1, 0.15) is 17.8 Å². The van der Waals surface area contributed by atoms with Crippen molar-refractivity contribution in [3.8, 4) is 22.6 Å². The third kappa shape index (κ3) is 9.26. The number of piperidine rings is 1. The third-order valence-electron chi connectivity index (χ3n) is 12.7. The van der Waals surface area contributed by atoms with E-state index in [9.17, 15) is 19.5 Å². The first-order valence-electron chi connectivity index (χ1n) is 22.1. The van der Waals surface area contributed by atoms with Crippen molar-refractivity contribution >= 4 is 45.9 Å². The summed E-state index contributed by atoms with van der Waals surface area (Å²) in [4.78, 5) is 66.9. The molecule has 4 N–H and O–H groups in total. The van der Waals surface area contributed by atoms with E-state index in [1.165, 1.54) is 12.4 Å². The molecule has 6 aromatic rings. The molecule has 0 spiro atoms. The number of aliphatic hydroxyl groups is 1. The largest absolute Gasteiger partial charge is 0.392 e. The highest BCUT2D eigenvalue weighted by molar-refractivity contribution is 6.05. The number of pyridine rings is 1. The summed E-state index contributed by atoms with van der Waals surface area (Å²) >= 11 is 0. The molecule has 4 aromatic heterocycles. The van der Waals surface area contributed by atoms with Gasteiger partial charge in [0.25, 0.3) is 0 Å². The Morgan fingerprint density at radius 1 is 0.923 bits per heavy atom. The summed E-state index contributed by atoms with van der Waals surface area (Å²) in [5, 5.41) is 20.0. The van der Waals surface area contributed by atoms with Crippen LogP contribution in [0.4, 0.5) is 26.2 Å². The minimum absolute atomic E-state index is 0.184. The molecule has 0 bridgehead atoms. The molecule has 3 saturated heterocycles. The van der Waals surface area contributed by atoms with Crippen molar-refractivity contribution < 1.29 is 28.4 Å². The van der Waals surface area contributed by atoms with E-state index in [0.29, 0.717) is 63.9 Å². The highest BCUT2D eigenvalue weighted by Crippen LogP contribution is 2.35. The van der Waals surface area contributed by atoms with Gasteiger partial charge in [0.05, 0.1) is 41.6 Å². The van der Waals surface area contributed by atoms with Gasteiger partial charge >= 0.3 is 17.8 Å². The number of rotatable bonds is 11. The van der Waals surface area contributed by atoms with Crippen LogP contribution in [0.2, 0.25) is 0 Å². The van der Waals surface area contributed by atoms with Crippen molar-refractivity contribution in [2.75, 3.05) is 67.1 Å². The maximum Gasteiger partial charge on any atom is 0.328 e. The maximum absolute atomic E-state index is 16.0. The van der Waals surface area contributed by atoms with Crippen molar-refractivity contribution in [3.63, 3.8) is 0 Å². The van der Waals surface area contributed by atoms with Gasteiger partial charge in [-0.05, 0) is 91.4 Å². The van der Waals surface area contributed by atoms with Crippen LogP contribution in [0.15, 0.2) is 71.6 Å². The lowest BCUT2D eigenvalue weighted by Gasteiger charge is -2.40. The molecule has 18 heteroatoms. The number of anilines is 3. The van der Waals surface area contributed by atoms with Gasteiger partial charge < -0.3 is 29.7 Å². The maximum atomic E-state index is 16.0.